The average Bonchev–Trinajstić information content (AvgIpc) is 3.94. The molecule has 0 unspecified atom stereocenters. The lowest BCUT2D eigenvalue weighted by Gasteiger charge is -2.17. The highest BCUT2D eigenvalue weighted by molar-refractivity contribution is 6.11. The fraction of sp³-hybridized carbons (Fsp3) is 0. The molecule has 4 heterocycles. The molecule has 266 valence electrons. The lowest BCUT2D eigenvalue weighted by Crippen LogP contribution is -2.08. The molecule has 0 aliphatic carbocycles. The van der Waals surface area contributed by atoms with Gasteiger partial charge in [-0.3, -0.25) is 4.57 Å². The average molecular weight is 730 g/mol. The highest BCUT2D eigenvalue weighted by atomic mass is 16.3. The number of aromatic nitrogens is 5. The molecule has 0 aliphatic heterocycles. The first-order chi connectivity index (χ1) is 28.3. The molecule has 0 saturated carbocycles. The first kappa shape index (κ1) is 31.5. The van der Waals surface area contributed by atoms with Crippen molar-refractivity contribution in [2.75, 3.05) is 0 Å². The molecule has 0 aliphatic rings. The van der Waals surface area contributed by atoms with E-state index in [2.05, 4.69) is 173 Å². The number of nitrogens with zero attached hydrogens (tertiary/aromatic N) is 5. The molecule has 12 rings (SSSR count). The van der Waals surface area contributed by atoms with E-state index in [0.29, 0.717) is 17.6 Å². The van der Waals surface area contributed by atoms with Crippen LogP contribution in [0.2, 0.25) is 0 Å². The topological polar surface area (TPSA) is 61.7 Å². The lowest BCUT2D eigenvalue weighted by atomic mass is 10.0. The van der Waals surface area contributed by atoms with Gasteiger partial charge in [0.1, 0.15) is 11.2 Å². The SMILES string of the molecule is c1ccc(-c2ccc(-c3nc(-c4cccc5c4oc4ccccc45)nc(-n4c5ccccc5c5ccccc54)n3)c(-n3c4ccccc4c4ccccc43)c2)cc1. The van der Waals surface area contributed by atoms with E-state index in [9.17, 15) is 0 Å². The minimum Gasteiger partial charge on any atom is -0.455 e. The van der Waals surface area contributed by atoms with Crippen LogP contribution in [0.4, 0.5) is 0 Å². The van der Waals surface area contributed by atoms with Crippen molar-refractivity contribution < 1.29 is 4.42 Å². The quantitative estimate of drug-likeness (QED) is 0.177. The summed E-state index contributed by atoms with van der Waals surface area (Å²) in [5, 5.41) is 6.70. The van der Waals surface area contributed by atoms with Crippen LogP contribution in [0, 0.1) is 0 Å². The predicted octanol–water partition coefficient (Wildman–Crippen LogP) is 13.0. The van der Waals surface area contributed by atoms with Crippen molar-refractivity contribution in [2.24, 2.45) is 0 Å². The Kier molecular flexibility index (Phi) is 6.83. The van der Waals surface area contributed by atoms with Crippen molar-refractivity contribution in [1.29, 1.82) is 0 Å². The first-order valence-corrected chi connectivity index (χ1v) is 19.1. The van der Waals surface area contributed by atoms with E-state index in [1.54, 1.807) is 0 Å². The van der Waals surface area contributed by atoms with Crippen LogP contribution in [-0.4, -0.2) is 24.1 Å². The second kappa shape index (κ2) is 12.3. The second-order valence-corrected chi connectivity index (χ2v) is 14.4. The Balaban J connectivity index is 1.20. The van der Waals surface area contributed by atoms with Gasteiger partial charge in [-0.1, -0.05) is 140 Å². The summed E-state index contributed by atoms with van der Waals surface area (Å²) in [6, 6.07) is 65.6. The van der Waals surface area contributed by atoms with Gasteiger partial charge in [0, 0.05) is 37.9 Å². The molecular formula is C51H31N5O. The van der Waals surface area contributed by atoms with E-state index in [0.717, 1.165) is 82.7 Å². The number of benzene rings is 8. The Morgan fingerprint density at radius 2 is 0.860 bits per heavy atom. The number of hydrogen-bond donors (Lipinski definition) is 0. The number of hydrogen-bond acceptors (Lipinski definition) is 4. The molecule has 0 bridgehead atoms. The van der Waals surface area contributed by atoms with Gasteiger partial charge in [0.05, 0.1) is 33.3 Å². The maximum absolute atomic E-state index is 6.59. The molecular weight excluding hydrogens is 699 g/mol. The lowest BCUT2D eigenvalue weighted by molar-refractivity contribution is 0.669. The van der Waals surface area contributed by atoms with Gasteiger partial charge in [0.15, 0.2) is 11.6 Å². The maximum atomic E-state index is 6.59. The van der Waals surface area contributed by atoms with Crippen LogP contribution in [0.15, 0.2) is 192 Å². The van der Waals surface area contributed by atoms with Gasteiger partial charge in [0.25, 0.3) is 0 Å². The maximum Gasteiger partial charge on any atom is 0.238 e. The van der Waals surface area contributed by atoms with Gasteiger partial charge in [-0.25, -0.2) is 4.98 Å². The van der Waals surface area contributed by atoms with Gasteiger partial charge in [0.2, 0.25) is 5.95 Å². The predicted molar refractivity (Wildman–Crippen MR) is 232 cm³/mol. The molecule has 0 amide bonds. The molecule has 6 nitrogen and oxygen atoms in total. The van der Waals surface area contributed by atoms with Crippen LogP contribution in [-0.2, 0) is 0 Å². The molecule has 0 spiro atoms. The third-order valence-electron chi connectivity index (χ3n) is 11.2. The fourth-order valence-corrected chi connectivity index (χ4v) is 8.66. The molecule has 57 heavy (non-hydrogen) atoms. The highest BCUT2D eigenvalue weighted by Gasteiger charge is 2.23. The van der Waals surface area contributed by atoms with E-state index < -0.39 is 0 Å². The molecule has 12 aromatic rings. The summed E-state index contributed by atoms with van der Waals surface area (Å²) in [6.07, 6.45) is 0. The Morgan fingerprint density at radius 1 is 0.351 bits per heavy atom. The number of furan rings is 1. The van der Waals surface area contributed by atoms with Gasteiger partial charge >= 0.3 is 0 Å². The minimum atomic E-state index is 0.529. The molecule has 0 fully saturated rings. The van der Waals surface area contributed by atoms with E-state index in [4.69, 9.17) is 19.4 Å². The molecule has 0 saturated heterocycles. The summed E-state index contributed by atoms with van der Waals surface area (Å²) in [5.74, 6) is 1.61. The van der Waals surface area contributed by atoms with Crippen LogP contribution in [0.25, 0.3) is 111 Å². The molecule has 0 atom stereocenters. The summed E-state index contributed by atoms with van der Waals surface area (Å²) >= 11 is 0. The van der Waals surface area contributed by atoms with Crippen molar-refractivity contribution in [1.82, 2.24) is 24.1 Å². The van der Waals surface area contributed by atoms with E-state index in [-0.39, 0.29) is 0 Å². The largest absolute Gasteiger partial charge is 0.455 e. The monoisotopic (exact) mass is 729 g/mol. The van der Waals surface area contributed by atoms with Crippen molar-refractivity contribution in [2.45, 2.75) is 0 Å². The molecule has 0 N–H and O–H groups in total. The third-order valence-corrected chi connectivity index (χ3v) is 11.2. The molecule has 4 aromatic heterocycles. The molecule has 6 heteroatoms. The summed E-state index contributed by atoms with van der Waals surface area (Å²) in [6.45, 7) is 0. The summed E-state index contributed by atoms with van der Waals surface area (Å²) < 4.78 is 11.1. The van der Waals surface area contributed by atoms with Gasteiger partial charge in [-0.2, -0.15) is 9.97 Å². The summed E-state index contributed by atoms with van der Waals surface area (Å²) in [5.41, 5.74) is 10.7. The van der Waals surface area contributed by atoms with Crippen LogP contribution in [0.3, 0.4) is 0 Å². The Labute approximate surface area is 326 Å². The zero-order valence-corrected chi connectivity index (χ0v) is 30.5. The van der Waals surface area contributed by atoms with Crippen molar-refractivity contribution in [3.8, 4) is 45.5 Å². The van der Waals surface area contributed by atoms with Crippen LogP contribution < -0.4 is 0 Å². The van der Waals surface area contributed by atoms with Crippen LogP contribution in [0.5, 0.6) is 0 Å². The van der Waals surface area contributed by atoms with Gasteiger partial charge in [-0.15, -0.1) is 0 Å². The Hall–Kier alpha value is -7.83. The first-order valence-electron chi connectivity index (χ1n) is 19.1. The zero-order valence-electron chi connectivity index (χ0n) is 30.5. The van der Waals surface area contributed by atoms with Crippen molar-refractivity contribution in [3.63, 3.8) is 0 Å². The van der Waals surface area contributed by atoms with Gasteiger partial charge < -0.3 is 8.98 Å². The minimum absolute atomic E-state index is 0.529. The van der Waals surface area contributed by atoms with Crippen LogP contribution in [0.1, 0.15) is 0 Å². The Bertz CT molecular complexity index is 3430. The van der Waals surface area contributed by atoms with E-state index >= 15 is 0 Å². The standard InChI is InChI=1S/C51H31N5O/c1-2-15-32(16-3-1)33-29-30-40(46(31-33)55-42-24-9-4-17-34(42)35-18-5-10-25-43(35)55)49-52-50(41-23-14-22-39-38-21-8-13-28-47(38)57-48(39)41)54-51(53-49)56-44-26-11-6-19-36(44)37-20-7-12-27-45(37)56/h1-31H. The molecule has 0 radical (unpaired) electrons. The normalized spacial score (nSPS) is 11.9. The fourth-order valence-electron chi connectivity index (χ4n) is 8.66. The highest BCUT2D eigenvalue weighted by Crippen LogP contribution is 2.40. The van der Waals surface area contributed by atoms with Gasteiger partial charge in [-0.05, 0) is 59.7 Å². The molecule has 8 aromatic carbocycles. The zero-order chi connectivity index (χ0) is 37.5. The number of rotatable bonds is 5. The van der Waals surface area contributed by atoms with Crippen molar-refractivity contribution >= 4 is 65.6 Å². The van der Waals surface area contributed by atoms with Crippen LogP contribution >= 0.6 is 0 Å². The van der Waals surface area contributed by atoms with E-state index in [1.165, 1.54) is 10.8 Å². The third kappa shape index (κ3) is 4.81. The Morgan fingerprint density at radius 3 is 1.49 bits per heavy atom. The smallest absolute Gasteiger partial charge is 0.238 e. The second-order valence-electron chi connectivity index (χ2n) is 14.4. The summed E-state index contributed by atoms with van der Waals surface area (Å²) in [4.78, 5) is 16.1. The number of fused-ring (bicyclic) bond motifs is 9. The van der Waals surface area contributed by atoms with E-state index in [1.807, 2.05) is 24.3 Å². The summed E-state index contributed by atoms with van der Waals surface area (Å²) in [7, 11) is 0. The number of para-hydroxylation sites is 6. The van der Waals surface area contributed by atoms with Crippen molar-refractivity contribution in [3.05, 3.63) is 188 Å².